The summed E-state index contributed by atoms with van der Waals surface area (Å²) in [6.07, 6.45) is -0.659. The van der Waals surface area contributed by atoms with Crippen LogP contribution < -0.4 is 10.5 Å². The average Bonchev–Trinajstić information content (AvgIpc) is 2.66. The molecule has 0 saturated carbocycles. The molecule has 1 unspecified atom stereocenters. The van der Waals surface area contributed by atoms with E-state index in [9.17, 15) is 13.9 Å². The Hall–Kier alpha value is -1.20. The average molecular weight is 229 g/mol. The second-order valence-electron chi connectivity index (χ2n) is 3.75. The van der Waals surface area contributed by atoms with Crippen molar-refractivity contribution in [2.45, 2.75) is 18.9 Å². The van der Waals surface area contributed by atoms with Gasteiger partial charge in [-0.1, -0.05) is 0 Å². The number of hydrogen-bond acceptors (Lipinski definition) is 3. The summed E-state index contributed by atoms with van der Waals surface area (Å²) in [5.41, 5.74) is 5.29. The standard InChI is InChI=1S/C11H13F2NO2/c12-7-5-9-6(2-4-16-9)11(13)10(7)8(15)1-3-14/h5,8,15H,1-4,14H2. The molecule has 1 heterocycles. The van der Waals surface area contributed by atoms with Crippen LogP contribution in [0, 0.1) is 11.6 Å². The molecule has 3 N–H and O–H groups in total. The first-order valence-corrected chi connectivity index (χ1v) is 5.17. The highest BCUT2D eigenvalue weighted by Crippen LogP contribution is 2.34. The number of aliphatic hydroxyl groups excluding tert-OH is 1. The van der Waals surface area contributed by atoms with Crippen molar-refractivity contribution in [3.05, 3.63) is 28.8 Å². The molecule has 0 aromatic heterocycles. The second-order valence-corrected chi connectivity index (χ2v) is 3.75. The molecule has 0 saturated heterocycles. The number of ether oxygens (including phenoxy) is 1. The van der Waals surface area contributed by atoms with Gasteiger partial charge in [0.2, 0.25) is 0 Å². The van der Waals surface area contributed by atoms with Gasteiger partial charge in [0.15, 0.2) is 0 Å². The molecule has 2 rings (SSSR count). The van der Waals surface area contributed by atoms with E-state index in [2.05, 4.69) is 0 Å². The molecule has 1 aromatic carbocycles. The van der Waals surface area contributed by atoms with Gasteiger partial charge in [-0.15, -0.1) is 0 Å². The molecule has 0 amide bonds. The summed E-state index contributed by atoms with van der Waals surface area (Å²) in [6, 6.07) is 1.13. The molecular weight excluding hydrogens is 216 g/mol. The first-order chi connectivity index (χ1) is 7.65. The number of halogens is 2. The predicted octanol–water partition coefficient (Wildman–Crippen LogP) is 1.28. The van der Waals surface area contributed by atoms with E-state index in [0.29, 0.717) is 18.6 Å². The van der Waals surface area contributed by atoms with Crippen molar-refractivity contribution >= 4 is 0 Å². The summed E-state index contributed by atoms with van der Waals surface area (Å²) in [5, 5.41) is 9.61. The van der Waals surface area contributed by atoms with Gasteiger partial charge < -0.3 is 15.6 Å². The smallest absolute Gasteiger partial charge is 0.138 e. The number of nitrogens with two attached hydrogens (primary N) is 1. The SMILES string of the molecule is NCCC(O)c1c(F)cc2c(c1F)CCO2. The molecule has 1 aliphatic heterocycles. The number of hydrogen-bond donors (Lipinski definition) is 2. The van der Waals surface area contributed by atoms with E-state index in [1.54, 1.807) is 0 Å². The molecule has 1 atom stereocenters. The maximum Gasteiger partial charge on any atom is 0.138 e. The van der Waals surface area contributed by atoms with Crippen LogP contribution in [0.4, 0.5) is 8.78 Å². The Kier molecular flexibility index (Phi) is 3.07. The molecular formula is C11H13F2NO2. The summed E-state index contributed by atoms with van der Waals surface area (Å²) >= 11 is 0. The van der Waals surface area contributed by atoms with E-state index in [0.717, 1.165) is 6.07 Å². The van der Waals surface area contributed by atoms with Crippen molar-refractivity contribution in [3.63, 3.8) is 0 Å². The number of rotatable bonds is 3. The Morgan fingerprint density at radius 1 is 1.50 bits per heavy atom. The van der Waals surface area contributed by atoms with Gasteiger partial charge in [0.25, 0.3) is 0 Å². The Balaban J connectivity index is 2.45. The Morgan fingerprint density at radius 3 is 2.94 bits per heavy atom. The van der Waals surface area contributed by atoms with Gasteiger partial charge in [-0.2, -0.15) is 0 Å². The lowest BCUT2D eigenvalue weighted by molar-refractivity contribution is 0.160. The Bertz CT molecular complexity index is 409. The molecule has 0 aliphatic carbocycles. The summed E-state index contributed by atoms with van der Waals surface area (Å²) in [6.45, 7) is 0.524. The third-order valence-corrected chi connectivity index (χ3v) is 2.70. The number of fused-ring (bicyclic) bond motifs is 1. The van der Waals surface area contributed by atoms with Crippen LogP contribution in [0.3, 0.4) is 0 Å². The highest BCUT2D eigenvalue weighted by atomic mass is 19.1. The third-order valence-electron chi connectivity index (χ3n) is 2.70. The van der Waals surface area contributed by atoms with E-state index < -0.39 is 17.7 Å². The lowest BCUT2D eigenvalue weighted by Crippen LogP contribution is -2.11. The van der Waals surface area contributed by atoms with Gasteiger partial charge >= 0.3 is 0 Å². The molecule has 0 spiro atoms. The summed E-state index contributed by atoms with van der Waals surface area (Å²) in [7, 11) is 0. The largest absolute Gasteiger partial charge is 0.493 e. The van der Waals surface area contributed by atoms with Crippen LogP contribution in [0.5, 0.6) is 5.75 Å². The fourth-order valence-electron chi connectivity index (χ4n) is 1.89. The molecule has 0 fully saturated rings. The summed E-state index contributed by atoms with van der Waals surface area (Å²) in [4.78, 5) is 0. The minimum atomic E-state index is -1.20. The van der Waals surface area contributed by atoms with Crippen molar-refractivity contribution < 1.29 is 18.6 Å². The molecule has 0 radical (unpaired) electrons. The predicted molar refractivity (Wildman–Crippen MR) is 54.2 cm³/mol. The van der Waals surface area contributed by atoms with Gasteiger partial charge in [-0.3, -0.25) is 0 Å². The van der Waals surface area contributed by atoms with Crippen molar-refractivity contribution in [2.24, 2.45) is 5.73 Å². The van der Waals surface area contributed by atoms with Crippen LogP contribution in [-0.2, 0) is 6.42 Å². The van der Waals surface area contributed by atoms with Crippen LogP contribution in [0.2, 0.25) is 0 Å². The molecule has 1 aromatic rings. The molecule has 1 aliphatic rings. The summed E-state index contributed by atoms with van der Waals surface area (Å²) in [5.74, 6) is -1.24. The van der Waals surface area contributed by atoms with E-state index in [-0.39, 0.29) is 24.3 Å². The van der Waals surface area contributed by atoms with Crippen LogP contribution in [-0.4, -0.2) is 18.3 Å². The molecule has 3 nitrogen and oxygen atoms in total. The van der Waals surface area contributed by atoms with Crippen molar-refractivity contribution in [2.75, 3.05) is 13.2 Å². The highest BCUT2D eigenvalue weighted by molar-refractivity contribution is 5.43. The fourth-order valence-corrected chi connectivity index (χ4v) is 1.89. The zero-order chi connectivity index (χ0) is 11.7. The van der Waals surface area contributed by atoms with Gasteiger partial charge in [0, 0.05) is 18.1 Å². The van der Waals surface area contributed by atoms with Crippen molar-refractivity contribution in [3.8, 4) is 5.75 Å². The van der Waals surface area contributed by atoms with Crippen molar-refractivity contribution in [1.29, 1.82) is 0 Å². The normalized spacial score (nSPS) is 15.8. The number of aliphatic hydroxyl groups is 1. The summed E-state index contributed by atoms with van der Waals surface area (Å²) < 4.78 is 32.5. The number of benzene rings is 1. The minimum Gasteiger partial charge on any atom is -0.493 e. The van der Waals surface area contributed by atoms with Crippen LogP contribution in [0.15, 0.2) is 6.07 Å². The fraction of sp³-hybridized carbons (Fsp3) is 0.455. The maximum atomic E-state index is 13.9. The quantitative estimate of drug-likeness (QED) is 0.821. The zero-order valence-electron chi connectivity index (χ0n) is 8.67. The third kappa shape index (κ3) is 1.76. The van der Waals surface area contributed by atoms with Gasteiger partial charge in [-0.25, -0.2) is 8.78 Å². The van der Waals surface area contributed by atoms with Gasteiger partial charge in [0.1, 0.15) is 17.4 Å². The van der Waals surface area contributed by atoms with E-state index in [1.807, 2.05) is 0 Å². The maximum absolute atomic E-state index is 13.9. The minimum absolute atomic E-state index is 0.132. The first-order valence-electron chi connectivity index (χ1n) is 5.17. The van der Waals surface area contributed by atoms with Crippen LogP contribution in [0.1, 0.15) is 23.7 Å². The monoisotopic (exact) mass is 229 g/mol. The molecule has 16 heavy (non-hydrogen) atoms. The van der Waals surface area contributed by atoms with Crippen LogP contribution in [0.25, 0.3) is 0 Å². The zero-order valence-corrected chi connectivity index (χ0v) is 8.67. The van der Waals surface area contributed by atoms with E-state index >= 15 is 0 Å². The van der Waals surface area contributed by atoms with Gasteiger partial charge in [0.05, 0.1) is 18.3 Å². The Morgan fingerprint density at radius 2 is 2.25 bits per heavy atom. The highest BCUT2D eigenvalue weighted by Gasteiger charge is 2.26. The Labute approximate surface area is 91.8 Å². The van der Waals surface area contributed by atoms with Crippen molar-refractivity contribution in [1.82, 2.24) is 0 Å². The lowest BCUT2D eigenvalue weighted by Gasteiger charge is -2.13. The van der Waals surface area contributed by atoms with E-state index in [4.69, 9.17) is 10.5 Å². The van der Waals surface area contributed by atoms with Crippen LogP contribution >= 0.6 is 0 Å². The van der Waals surface area contributed by atoms with Gasteiger partial charge in [-0.05, 0) is 13.0 Å². The van der Waals surface area contributed by atoms with E-state index in [1.165, 1.54) is 0 Å². The second kappa shape index (κ2) is 4.35. The molecule has 88 valence electrons. The first kappa shape index (κ1) is 11.3. The topological polar surface area (TPSA) is 55.5 Å². The lowest BCUT2D eigenvalue weighted by atomic mass is 10.0. The molecule has 0 bridgehead atoms. The molecule has 5 heteroatoms.